The van der Waals surface area contributed by atoms with Crippen LogP contribution in [0.2, 0.25) is 10.0 Å². The average Bonchev–Trinajstić information content (AvgIpc) is 2.99. The maximum absolute atomic E-state index is 14.2. The van der Waals surface area contributed by atoms with E-state index in [0.29, 0.717) is 21.7 Å². The van der Waals surface area contributed by atoms with E-state index in [1.165, 1.54) is 17.0 Å². The molecule has 0 aromatic heterocycles. The SMILES string of the molecule is O=NC[C@H](Cc1ccc(O)cc1)N1C(=O)c2ccccc2C(C(=O)NOCc2ccccc2)C1c1ccc(Cl)cc1Cl. The summed E-state index contributed by atoms with van der Waals surface area (Å²) in [5, 5.41) is 13.6. The second kappa shape index (κ2) is 13.2. The molecule has 0 saturated carbocycles. The lowest BCUT2D eigenvalue weighted by atomic mass is 9.78. The molecular weight excluding hydrogens is 577 g/mol. The molecule has 1 heterocycles. The van der Waals surface area contributed by atoms with Gasteiger partial charge < -0.3 is 10.0 Å². The van der Waals surface area contributed by atoms with Gasteiger partial charge in [-0.2, -0.15) is 4.91 Å². The molecule has 2 N–H and O–H groups in total. The van der Waals surface area contributed by atoms with Gasteiger partial charge in [0.2, 0.25) is 0 Å². The van der Waals surface area contributed by atoms with Crippen molar-refractivity contribution in [3.05, 3.63) is 140 Å². The van der Waals surface area contributed by atoms with Crippen LogP contribution in [0.1, 0.15) is 44.6 Å². The van der Waals surface area contributed by atoms with Crippen molar-refractivity contribution < 1.29 is 19.5 Å². The zero-order chi connectivity index (χ0) is 29.6. The molecule has 214 valence electrons. The number of hydrogen-bond acceptors (Lipinski definition) is 6. The van der Waals surface area contributed by atoms with E-state index in [1.807, 2.05) is 30.3 Å². The number of phenols is 1. The molecule has 0 spiro atoms. The summed E-state index contributed by atoms with van der Waals surface area (Å²) in [6.45, 7) is -0.107. The number of halogens is 2. The lowest BCUT2D eigenvalue weighted by Gasteiger charge is -2.45. The average molecular weight is 604 g/mol. The number of phenolic OH excluding ortho intramolecular Hbond substituents is 1. The van der Waals surface area contributed by atoms with Crippen LogP contribution in [-0.4, -0.2) is 34.4 Å². The van der Waals surface area contributed by atoms with Gasteiger partial charge in [-0.25, -0.2) is 5.48 Å². The predicted molar refractivity (Wildman–Crippen MR) is 160 cm³/mol. The highest BCUT2D eigenvalue weighted by molar-refractivity contribution is 6.35. The standard InChI is InChI=1S/C32H27Cl2N3O5/c33-22-12-15-27(28(34)17-22)30-29(31(39)36-42-19-21-6-2-1-3-7-21)25-8-4-5-9-26(25)32(40)37(30)23(18-35-41)16-20-10-13-24(38)14-11-20/h1-15,17,23,29-30,38H,16,18-19H2,(H,36,39)/t23-,29?,30?/m0/s1. The number of nitroso groups, excluding NO2 is 1. The normalized spacial score (nSPS) is 16.9. The van der Waals surface area contributed by atoms with Gasteiger partial charge in [-0.1, -0.05) is 95.1 Å². The molecule has 3 atom stereocenters. The summed E-state index contributed by atoms with van der Waals surface area (Å²) < 4.78 is 0. The van der Waals surface area contributed by atoms with Gasteiger partial charge in [-0.15, -0.1) is 0 Å². The number of benzene rings is 4. The Morgan fingerprint density at radius 1 is 0.929 bits per heavy atom. The second-order valence-electron chi connectivity index (χ2n) is 9.96. The highest BCUT2D eigenvalue weighted by Crippen LogP contribution is 2.46. The van der Waals surface area contributed by atoms with Gasteiger partial charge in [0.15, 0.2) is 0 Å². The molecule has 0 radical (unpaired) electrons. The van der Waals surface area contributed by atoms with Gasteiger partial charge in [0.1, 0.15) is 12.3 Å². The zero-order valence-electron chi connectivity index (χ0n) is 22.3. The van der Waals surface area contributed by atoms with Crippen LogP contribution >= 0.6 is 23.2 Å². The summed E-state index contributed by atoms with van der Waals surface area (Å²) in [7, 11) is 0. The molecule has 1 aliphatic heterocycles. The maximum Gasteiger partial charge on any atom is 0.255 e. The largest absolute Gasteiger partial charge is 0.508 e. The minimum absolute atomic E-state index is 0.0878. The Labute approximate surface area is 252 Å². The van der Waals surface area contributed by atoms with Crippen molar-refractivity contribution >= 4 is 35.0 Å². The predicted octanol–water partition coefficient (Wildman–Crippen LogP) is 6.61. The minimum Gasteiger partial charge on any atom is -0.508 e. The Kier molecular flexibility index (Phi) is 9.17. The molecule has 10 heteroatoms. The van der Waals surface area contributed by atoms with E-state index in [0.717, 1.165) is 11.1 Å². The molecule has 1 aliphatic rings. The third-order valence-electron chi connectivity index (χ3n) is 7.28. The monoisotopic (exact) mass is 603 g/mol. The summed E-state index contributed by atoms with van der Waals surface area (Å²) in [6, 6.07) is 25.9. The first-order valence-electron chi connectivity index (χ1n) is 13.3. The third kappa shape index (κ3) is 6.31. The number of hydroxylamine groups is 1. The molecule has 0 fully saturated rings. The van der Waals surface area contributed by atoms with Crippen LogP contribution in [0.25, 0.3) is 0 Å². The molecular formula is C32H27Cl2N3O5. The second-order valence-corrected chi connectivity index (χ2v) is 10.8. The maximum atomic E-state index is 14.2. The Morgan fingerprint density at radius 3 is 2.36 bits per heavy atom. The van der Waals surface area contributed by atoms with Crippen molar-refractivity contribution in [3.8, 4) is 5.75 Å². The van der Waals surface area contributed by atoms with E-state index in [9.17, 15) is 19.6 Å². The van der Waals surface area contributed by atoms with Gasteiger partial charge in [0, 0.05) is 15.6 Å². The molecule has 2 unspecified atom stereocenters. The van der Waals surface area contributed by atoms with Crippen molar-refractivity contribution in [2.24, 2.45) is 5.18 Å². The summed E-state index contributed by atoms with van der Waals surface area (Å²) in [5.74, 6) is -1.73. The highest BCUT2D eigenvalue weighted by Gasteiger charge is 2.47. The molecule has 4 aromatic carbocycles. The topological polar surface area (TPSA) is 108 Å². The van der Waals surface area contributed by atoms with Crippen LogP contribution in [0.15, 0.2) is 102 Å². The first-order valence-corrected chi connectivity index (χ1v) is 14.0. The van der Waals surface area contributed by atoms with Gasteiger partial charge in [0.25, 0.3) is 11.8 Å². The van der Waals surface area contributed by atoms with Crippen molar-refractivity contribution in [1.82, 2.24) is 10.4 Å². The van der Waals surface area contributed by atoms with Crippen molar-refractivity contribution in [3.63, 3.8) is 0 Å². The molecule has 8 nitrogen and oxygen atoms in total. The molecule has 0 saturated heterocycles. The molecule has 0 bridgehead atoms. The van der Waals surface area contributed by atoms with Crippen molar-refractivity contribution in [1.29, 1.82) is 0 Å². The van der Waals surface area contributed by atoms with E-state index in [-0.39, 0.29) is 36.3 Å². The van der Waals surface area contributed by atoms with Gasteiger partial charge in [-0.3, -0.25) is 14.4 Å². The number of fused-ring (bicyclic) bond motifs is 1. The third-order valence-corrected chi connectivity index (χ3v) is 7.84. The Morgan fingerprint density at radius 2 is 1.64 bits per heavy atom. The fourth-order valence-electron chi connectivity index (χ4n) is 5.38. The van der Waals surface area contributed by atoms with E-state index in [4.69, 9.17) is 28.0 Å². The van der Waals surface area contributed by atoms with Gasteiger partial charge >= 0.3 is 0 Å². The van der Waals surface area contributed by atoms with Crippen molar-refractivity contribution in [2.45, 2.75) is 31.0 Å². The smallest absolute Gasteiger partial charge is 0.255 e. The van der Waals surface area contributed by atoms with Crippen molar-refractivity contribution in [2.75, 3.05) is 6.54 Å². The number of nitrogens with zero attached hydrogens (tertiary/aromatic N) is 2. The zero-order valence-corrected chi connectivity index (χ0v) is 23.8. The first kappa shape index (κ1) is 29.3. The van der Waals surface area contributed by atoms with E-state index < -0.39 is 23.9 Å². The van der Waals surface area contributed by atoms with E-state index in [2.05, 4.69) is 10.7 Å². The molecule has 0 aliphatic carbocycles. The quantitative estimate of drug-likeness (QED) is 0.157. The van der Waals surface area contributed by atoms with Crippen LogP contribution in [0.3, 0.4) is 0 Å². The number of carbonyl (C=O) groups is 2. The number of rotatable bonds is 10. The van der Waals surface area contributed by atoms with Gasteiger partial charge in [-0.05, 0) is 59.0 Å². The molecule has 2 amide bonds. The fourth-order valence-corrected chi connectivity index (χ4v) is 5.90. The fraction of sp³-hybridized carbons (Fsp3) is 0.188. The van der Waals surface area contributed by atoms with Crippen LogP contribution in [0.4, 0.5) is 0 Å². The van der Waals surface area contributed by atoms with E-state index in [1.54, 1.807) is 54.6 Å². The number of hydrogen-bond donors (Lipinski definition) is 2. The minimum atomic E-state index is -0.956. The Balaban J connectivity index is 1.60. The lowest BCUT2D eigenvalue weighted by molar-refractivity contribution is -0.138. The Bertz CT molecular complexity index is 1580. The first-order chi connectivity index (χ1) is 20.4. The highest BCUT2D eigenvalue weighted by atomic mass is 35.5. The number of amides is 2. The summed E-state index contributed by atoms with van der Waals surface area (Å²) in [5.41, 5.74) is 5.50. The molecule has 42 heavy (non-hydrogen) atoms. The lowest BCUT2D eigenvalue weighted by Crippen LogP contribution is -2.53. The summed E-state index contributed by atoms with van der Waals surface area (Å²) >= 11 is 12.9. The number of carbonyl (C=O) groups excluding carboxylic acids is 2. The summed E-state index contributed by atoms with van der Waals surface area (Å²) in [4.78, 5) is 47.1. The van der Waals surface area contributed by atoms with Crippen LogP contribution in [0.5, 0.6) is 5.75 Å². The molecule has 4 aromatic rings. The number of aromatic hydroxyl groups is 1. The summed E-state index contributed by atoms with van der Waals surface area (Å²) in [6.07, 6.45) is 0.237. The van der Waals surface area contributed by atoms with E-state index >= 15 is 0 Å². The molecule has 5 rings (SSSR count). The van der Waals surface area contributed by atoms with Gasteiger partial charge in [0.05, 0.1) is 24.6 Å². The Hall–Kier alpha value is -4.24. The van der Waals surface area contributed by atoms with Crippen LogP contribution in [-0.2, 0) is 22.7 Å². The number of nitrogens with one attached hydrogen (secondary N) is 1. The van der Waals surface area contributed by atoms with Crippen LogP contribution in [0, 0.1) is 4.91 Å². The van der Waals surface area contributed by atoms with Crippen LogP contribution < -0.4 is 5.48 Å².